The van der Waals surface area contributed by atoms with Gasteiger partial charge in [0.25, 0.3) is 11.1 Å². The molecule has 0 spiro atoms. The molecule has 4 rings (SSSR count). The highest BCUT2D eigenvalue weighted by Crippen LogP contribution is 2.31. The summed E-state index contributed by atoms with van der Waals surface area (Å²) < 4.78 is 3.31. The Morgan fingerprint density at radius 3 is 2.45 bits per heavy atom. The molecule has 3 heterocycles. The van der Waals surface area contributed by atoms with Crippen LogP contribution in [0.2, 0.25) is 5.02 Å². The second kappa shape index (κ2) is 7.64. The number of hydrogen-bond donors (Lipinski definition) is 1. The van der Waals surface area contributed by atoms with Gasteiger partial charge in [-0.05, 0) is 23.8 Å². The number of aromatic nitrogens is 4. The largest absolute Gasteiger partial charge is 0.384 e. The molecule has 0 fully saturated rings. The molecule has 4 aromatic rings. The van der Waals surface area contributed by atoms with Crippen LogP contribution in [0.4, 0.5) is 5.82 Å². The number of thiophene rings is 1. The van der Waals surface area contributed by atoms with Crippen LogP contribution < -0.4 is 22.5 Å². The molecule has 0 aliphatic rings. The molecule has 0 atom stereocenters. The van der Waals surface area contributed by atoms with Crippen LogP contribution in [-0.2, 0) is 20.6 Å². The van der Waals surface area contributed by atoms with Gasteiger partial charge >= 0.3 is 5.69 Å². The molecule has 158 valence electrons. The zero-order valence-electron chi connectivity index (χ0n) is 16.5. The number of nitrogens with zero attached hydrogens (tertiary/aromatic N) is 4. The fourth-order valence-electron chi connectivity index (χ4n) is 3.17. The Morgan fingerprint density at radius 1 is 1.10 bits per heavy atom. The highest BCUT2D eigenvalue weighted by molar-refractivity contribution is 7.22. The molecule has 0 aliphatic heterocycles. The van der Waals surface area contributed by atoms with Crippen LogP contribution in [-0.4, -0.2) is 24.5 Å². The van der Waals surface area contributed by atoms with Crippen LogP contribution >= 0.6 is 22.9 Å². The molecule has 3 aromatic heterocycles. The van der Waals surface area contributed by atoms with Gasteiger partial charge in [0, 0.05) is 24.0 Å². The topological polar surface area (TPSA) is 122 Å². The lowest BCUT2D eigenvalue weighted by Crippen LogP contribution is -2.42. The molecule has 9 nitrogen and oxygen atoms in total. The first-order chi connectivity index (χ1) is 14.7. The van der Waals surface area contributed by atoms with Gasteiger partial charge in [0.2, 0.25) is 0 Å². The summed E-state index contributed by atoms with van der Waals surface area (Å²) in [6.45, 7) is -0.437. The van der Waals surface area contributed by atoms with Crippen LogP contribution in [0.5, 0.6) is 0 Å². The SMILES string of the molecule is Cn1c(N)c(C(=O)Cn2cnc3cc(-c4ccc(Cl)cc4)sc3c2=O)c(=O)n(C)c1=O. The minimum atomic E-state index is -0.811. The third-order valence-electron chi connectivity index (χ3n) is 4.94. The van der Waals surface area contributed by atoms with Gasteiger partial charge in [-0.25, -0.2) is 9.78 Å². The molecule has 0 saturated heterocycles. The lowest BCUT2D eigenvalue weighted by atomic mass is 10.2. The minimum Gasteiger partial charge on any atom is -0.384 e. The molecule has 2 N–H and O–H groups in total. The van der Waals surface area contributed by atoms with Crippen LogP contribution in [0.1, 0.15) is 10.4 Å². The average Bonchev–Trinajstić information content (AvgIpc) is 3.19. The Labute approximate surface area is 183 Å². The molecule has 0 bridgehead atoms. The molecule has 0 saturated carbocycles. The van der Waals surface area contributed by atoms with E-state index in [9.17, 15) is 19.2 Å². The molecule has 11 heteroatoms. The van der Waals surface area contributed by atoms with Crippen molar-refractivity contribution in [2.24, 2.45) is 14.1 Å². The Morgan fingerprint density at radius 2 is 1.77 bits per heavy atom. The van der Waals surface area contributed by atoms with Crippen molar-refractivity contribution in [2.75, 3.05) is 5.73 Å². The fraction of sp³-hybridized carbons (Fsp3) is 0.150. The number of Topliss-reactive ketones (excluding diaryl/α,β-unsaturated/α-hetero) is 1. The zero-order chi connectivity index (χ0) is 22.4. The quantitative estimate of drug-likeness (QED) is 0.465. The standard InChI is InChI=1S/C20H16ClN5O4S/c1-24-17(22)15(18(28)25(2)20(24)30)13(27)8-26-9-23-12-7-14(31-16(12)19(26)29)10-3-5-11(21)6-4-10/h3-7,9H,8,22H2,1-2H3. The van der Waals surface area contributed by atoms with Crippen molar-refractivity contribution in [1.82, 2.24) is 18.7 Å². The number of rotatable bonds is 4. The van der Waals surface area contributed by atoms with E-state index in [-0.39, 0.29) is 11.4 Å². The van der Waals surface area contributed by atoms with E-state index < -0.39 is 29.1 Å². The van der Waals surface area contributed by atoms with Gasteiger partial charge in [-0.1, -0.05) is 23.7 Å². The number of ketones is 1. The van der Waals surface area contributed by atoms with Gasteiger partial charge in [-0.2, -0.15) is 0 Å². The molecular weight excluding hydrogens is 442 g/mol. The number of anilines is 1. The predicted octanol–water partition coefficient (Wildman–Crippen LogP) is 1.64. The van der Waals surface area contributed by atoms with E-state index in [1.165, 1.54) is 31.8 Å². The first-order valence-corrected chi connectivity index (χ1v) is 10.2. The number of carbonyl (C=O) groups excluding carboxylic acids is 1. The summed E-state index contributed by atoms with van der Waals surface area (Å²) in [5, 5.41) is 0.604. The van der Waals surface area contributed by atoms with Crippen molar-refractivity contribution < 1.29 is 4.79 Å². The Kier molecular flexibility index (Phi) is 5.11. The number of nitrogens with two attached hydrogens (primary N) is 1. The first kappa shape index (κ1) is 20.8. The van der Waals surface area contributed by atoms with E-state index >= 15 is 0 Å². The number of benzene rings is 1. The zero-order valence-corrected chi connectivity index (χ0v) is 18.0. The molecule has 0 amide bonds. The second-order valence-electron chi connectivity index (χ2n) is 6.90. The normalized spacial score (nSPS) is 11.2. The number of hydrogen-bond acceptors (Lipinski definition) is 7. The third-order valence-corrected chi connectivity index (χ3v) is 6.35. The maximum atomic E-state index is 12.9. The summed E-state index contributed by atoms with van der Waals surface area (Å²) in [7, 11) is 2.61. The number of fused-ring (bicyclic) bond motifs is 1. The maximum absolute atomic E-state index is 12.9. The summed E-state index contributed by atoms with van der Waals surface area (Å²) in [6, 6.07) is 8.98. The van der Waals surface area contributed by atoms with Gasteiger partial charge in [-0.15, -0.1) is 11.3 Å². The molecule has 1 aromatic carbocycles. The number of nitrogen functional groups attached to an aromatic ring is 1. The summed E-state index contributed by atoms with van der Waals surface area (Å²) >= 11 is 7.17. The van der Waals surface area contributed by atoms with E-state index in [4.69, 9.17) is 17.3 Å². The fourth-order valence-corrected chi connectivity index (χ4v) is 4.36. The Bertz CT molecular complexity index is 1530. The van der Waals surface area contributed by atoms with Gasteiger partial charge in [0.1, 0.15) is 16.1 Å². The Hall–Kier alpha value is -3.50. The van der Waals surface area contributed by atoms with E-state index in [1.54, 1.807) is 18.2 Å². The minimum absolute atomic E-state index is 0.249. The van der Waals surface area contributed by atoms with Gasteiger partial charge in [0.05, 0.1) is 18.4 Å². The summed E-state index contributed by atoms with van der Waals surface area (Å²) in [5.41, 5.74) is 5.01. The maximum Gasteiger partial charge on any atom is 0.332 e. The van der Waals surface area contributed by atoms with Crippen molar-refractivity contribution in [2.45, 2.75) is 6.54 Å². The lowest BCUT2D eigenvalue weighted by molar-refractivity contribution is 0.0968. The van der Waals surface area contributed by atoms with Crippen molar-refractivity contribution in [3.8, 4) is 10.4 Å². The van der Waals surface area contributed by atoms with Gasteiger partial charge in [-0.3, -0.25) is 28.1 Å². The van der Waals surface area contributed by atoms with Crippen molar-refractivity contribution >= 4 is 44.8 Å². The lowest BCUT2D eigenvalue weighted by Gasteiger charge is -2.11. The van der Waals surface area contributed by atoms with Crippen molar-refractivity contribution in [1.29, 1.82) is 0 Å². The monoisotopic (exact) mass is 457 g/mol. The van der Waals surface area contributed by atoms with Crippen LogP contribution in [0.15, 0.2) is 51.0 Å². The van der Waals surface area contributed by atoms with E-state index in [2.05, 4.69) is 4.98 Å². The van der Waals surface area contributed by atoms with E-state index in [1.807, 2.05) is 12.1 Å². The van der Waals surface area contributed by atoms with E-state index in [0.717, 1.165) is 24.1 Å². The summed E-state index contributed by atoms with van der Waals surface area (Å²) in [5.74, 6) is -0.937. The highest BCUT2D eigenvalue weighted by atomic mass is 35.5. The molecule has 31 heavy (non-hydrogen) atoms. The highest BCUT2D eigenvalue weighted by Gasteiger charge is 2.21. The van der Waals surface area contributed by atoms with Crippen LogP contribution in [0, 0.1) is 0 Å². The van der Waals surface area contributed by atoms with Gasteiger partial charge in [0.15, 0.2) is 5.78 Å². The smallest absolute Gasteiger partial charge is 0.332 e. The Balaban J connectivity index is 1.75. The third kappa shape index (κ3) is 3.49. The average molecular weight is 458 g/mol. The first-order valence-electron chi connectivity index (χ1n) is 9.02. The molecular formula is C20H16ClN5O4S. The number of carbonyl (C=O) groups is 1. The van der Waals surface area contributed by atoms with Crippen LogP contribution in [0.3, 0.4) is 0 Å². The second-order valence-corrected chi connectivity index (χ2v) is 8.39. The van der Waals surface area contributed by atoms with Crippen LogP contribution in [0.25, 0.3) is 20.7 Å². The van der Waals surface area contributed by atoms with Crippen molar-refractivity contribution in [3.05, 3.63) is 78.4 Å². The molecule has 0 radical (unpaired) electrons. The predicted molar refractivity (Wildman–Crippen MR) is 120 cm³/mol. The molecule has 0 aliphatic carbocycles. The molecule has 0 unspecified atom stereocenters. The van der Waals surface area contributed by atoms with E-state index in [0.29, 0.717) is 15.2 Å². The van der Waals surface area contributed by atoms with Crippen molar-refractivity contribution in [3.63, 3.8) is 0 Å². The summed E-state index contributed by atoms with van der Waals surface area (Å²) in [6.07, 6.45) is 1.25. The van der Waals surface area contributed by atoms with Gasteiger partial charge < -0.3 is 5.73 Å². The summed E-state index contributed by atoms with van der Waals surface area (Å²) in [4.78, 5) is 55.2. The number of halogens is 1.